The van der Waals surface area contributed by atoms with Gasteiger partial charge in [-0.1, -0.05) is 6.07 Å². The molecule has 2 N–H and O–H groups in total. The van der Waals surface area contributed by atoms with Crippen LogP contribution in [0.3, 0.4) is 0 Å². The maximum Gasteiger partial charge on any atom is 0.321 e. The van der Waals surface area contributed by atoms with Crippen LogP contribution in [0.25, 0.3) is 5.78 Å². The normalized spacial score (nSPS) is 13.2. The van der Waals surface area contributed by atoms with Gasteiger partial charge >= 0.3 is 6.03 Å². The monoisotopic (exact) mass is 410 g/mol. The molecule has 3 heterocycles. The molecule has 3 aromatic rings. The van der Waals surface area contributed by atoms with Crippen molar-refractivity contribution in [3.63, 3.8) is 0 Å². The van der Waals surface area contributed by atoms with Crippen LogP contribution in [-0.4, -0.2) is 51.8 Å². The van der Waals surface area contributed by atoms with Gasteiger partial charge in [-0.3, -0.25) is 19.3 Å². The molecular formula is C20H22N6O4. The number of carbonyl (C=O) groups is 3. The lowest BCUT2D eigenvalue weighted by atomic mass is 10.1. The summed E-state index contributed by atoms with van der Waals surface area (Å²) >= 11 is 0. The van der Waals surface area contributed by atoms with E-state index in [2.05, 4.69) is 15.3 Å². The molecule has 1 aliphatic heterocycles. The van der Waals surface area contributed by atoms with Crippen LogP contribution in [0.15, 0.2) is 42.9 Å². The second-order valence-electron chi connectivity index (χ2n) is 6.63. The summed E-state index contributed by atoms with van der Waals surface area (Å²) in [5.74, 6) is 1.38. The van der Waals surface area contributed by atoms with Gasteiger partial charge in [0.15, 0.2) is 0 Å². The first-order valence-corrected chi connectivity index (χ1v) is 9.15. The molecule has 0 fully saturated rings. The summed E-state index contributed by atoms with van der Waals surface area (Å²) in [5.41, 5.74) is 2.51. The van der Waals surface area contributed by atoms with Gasteiger partial charge in [0.05, 0.1) is 18.8 Å². The molecule has 0 radical (unpaired) electrons. The fourth-order valence-corrected chi connectivity index (χ4v) is 2.98. The maximum atomic E-state index is 11.5. The zero-order valence-electron chi connectivity index (χ0n) is 16.8. The predicted octanol–water partition coefficient (Wildman–Crippen LogP) is 1.53. The Morgan fingerprint density at radius 3 is 2.87 bits per heavy atom. The summed E-state index contributed by atoms with van der Waals surface area (Å²) in [6.07, 6.45) is 5.56. The largest absolute Gasteiger partial charge is 0.497 e. The Bertz CT molecular complexity index is 1050. The molecular weight excluding hydrogens is 388 g/mol. The molecule has 4 rings (SSSR count). The number of imide groups is 1. The minimum atomic E-state index is -0.558. The van der Waals surface area contributed by atoms with Gasteiger partial charge in [-0.05, 0) is 30.7 Å². The van der Waals surface area contributed by atoms with E-state index in [9.17, 15) is 14.4 Å². The minimum absolute atomic E-state index is 0.0777. The van der Waals surface area contributed by atoms with E-state index in [-0.39, 0.29) is 11.9 Å². The molecule has 1 atom stereocenters. The average Bonchev–Trinajstić information content (AvgIpc) is 3.30. The number of hydrogen-bond donors (Lipinski definition) is 2. The number of nitrogens with zero attached hydrogens (tertiary/aromatic N) is 4. The number of carbonyl (C=O) groups excluding carboxylic acids is 3. The summed E-state index contributed by atoms with van der Waals surface area (Å²) in [7, 11) is 3.40. The van der Waals surface area contributed by atoms with Gasteiger partial charge in [-0.25, -0.2) is 14.8 Å². The molecule has 0 saturated heterocycles. The lowest BCUT2D eigenvalue weighted by molar-refractivity contribution is -0.108. The summed E-state index contributed by atoms with van der Waals surface area (Å²) in [6, 6.07) is 6.53. The number of aromatic nitrogens is 3. The van der Waals surface area contributed by atoms with E-state index in [1.54, 1.807) is 54.9 Å². The van der Waals surface area contributed by atoms with Crippen LogP contribution < -0.4 is 15.4 Å². The van der Waals surface area contributed by atoms with Crippen LogP contribution in [0.2, 0.25) is 0 Å². The first-order valence-electron chi connectivity index (χ1n) is 9.15. The summed E-state index contributed by atoms with van der Waals surface area (Å²) in [6.45, 7) is 2.48. The zero-order chi connectivity index (χ0) is 21.7. The molecule has 0 aliphatic carbocycles. The zero-order valence-corrected chi connectivity index (χ0v) is 16.8. The highest BCUT2D eigenvalue weighted by Crippen LogP contribution is 2.25. The van der Waals surface area contributed by atoms with E-state index in [4.69, 9.17) is 4.74 Å². The molecule has 0 spiro atoms. The van der Waals surface area contributed by atoms with Gasteiger partial charge in [0.1, 0.15) is 5.75 Å². The highest BCUT2D eigenvalue weighted by molar-refractivity contribution is 5.98. The number of fused-ring (bicyclic) bond motifs is 2. The van der Waals surface area contributed by atoms with Crippen LogP contribution in [0.1, 0.15) is 34.6 Å². The Morgan fingerprint density at radius 1 is 1.37 bits per heavy atom. The van der Waals surface area contributed by atoms with Gasteiger partial charge in [0, 0.05) is 37.7 Å². The van der Waals surface area contributed by atoms with Crippen molar-refractivity contribution in [1.29, 1.82) is 0 Å². The molecule has 30 heavy (non-hydrogen) atoms. The lowest BCUT2D eigenvalue weighted by Gasteiger charge is -2.09. The number of benzene rings is 1. The molecule has 156 valence electrons. The number of rotatable bonds is 4. The van der Waals surface area contributed by atoms with Crippen molar-refractivity contribution in [2.45, 2.75) is 19.5 Å². The number of methoxy groups -OCH3 is 1. The number of hydrogen-bond acceptors (Lipinski definition) is 6. The van der Waals surface area contributed by atoms with Crippen molar-refractivity contribution in [2.75, 3.05) is 14.2 Å². The number of urea groups is 1. The molecule has 0 saturated carbocycles. The Kier molecular flexibility index (Phi) is 6.26. The van der Waals surface area contributed by atoms with Crippen LogP contribution in [0, 0.1) is 0 Å². The van der Waals surface area contributed by atoms with E-state index in [0.29, 0.717) is 24.4 Å². The third kappa shape index (κ3) is 4.54. The molecule has 10 nitrogen and oxygen atoms in total. The quantitative estimate of drug-likeness (QED) is 0.630. The number of imidazole rings is 1. The van der Waals surface area contributed by atoms with Crippen LogP contribution in [0.4, 0.5) is 4.79 Å². The average molecular weight is 410 g/mol. The molecule has 1 aromatic carbocycles. The minimum Gasteiger partial charge on any atom is -0.497 e. The highest BCUT2D eigenvalue weighted by Gasteiger charge is 2.24. The second-order valence-corrected chi connectivity index (χ2v) is 6.63. The lowest BCUT2D eigenvalue weighted by Crippen LogP contribution is -2.36. The SMILES string of the molecule is CC(NC(=O)NC=O)c1cn2cccnc2n1.COc1ccc2c(c1)C(=O)N(C)C2. The second kappa shape index (κ2) is 9.03. The first-order chi connectivity index (χ1) is 14.4. The maximum absolute atomic E-state index is 11.5. The predicted molar refractivity (Wildman–Crippen MR) is 108 cm³/mol. The molecule has 4 amide bonds. The van der Waals surface area contributed by atoms with Gasteiger partial charge in [0.25, 0.3) is 5.91 Å². The number of ether oxygens (including phenoxy) is 1. The van der Waals surface area contributed by atoms with Crippen LogP contribution >= 0.6 is 0 Å². The Hall–Kier alpha value is -3.95. The number of amides is 4. The van der Waals surface area contributed by atoms with Crippen molar-refractivity contribution in [3.8, 4) is 5.75 Å². The molecule has 1 unspecified atom stereocenters. The van der Waals surface area contributed by atoms with Gasteiger partial charge in [-0.15, -0.1) is 0 Å². The van der Waals surface area contributed by atoms with E-state index in [0.717, 1.165) is 16.9 Å². The summed E-state index contributed by atoms with van der Waals surface area (Å²) in [5, 5.41) is 4.57. The highest BCUT2D eigenvalue weighted by atomic mass is 16.5. The fraction of sp³-hybridized carbons (Fsp3) is 0.250. The van der Waals surface area contributed by atoms with Crippen LogP contribution in [0.5, 0.6) is 5.75 Å². The van der Waals surface area contributed by atoms with Crippen molar-refractivity contribution < 1.29 is 19.1 Å². The van der Waals surface area contributed by atoms with Crippen molar-refractivity contribution in [3.05, 3.63) is 59.7 Å². The molecule has 1 aliphatic rings. The fourth-order valence-electron chi connectivity index (χ4n) is 2.98. The van der Waals surface area contributed by atoms with Gasteiger partial charge < -0.3 is 15.0 Å². The van der Waals surface area contributed by atoms with E-state index >= 15 is 0 Å². The molecule has 10 heteroatoms. The van der Waals surface area contributed by atoms with E-state index < -0.39 is 6.03 Å². The van der Waals surface area contributed by atoms with Crippen LogP contribution in [-0.2, 0) is 11.3 Å². The smallest absolute Gasteiger partial charge is 0.321 e. The topological polar surface area (TPSA) is 118 Å². The number of nitrogens with one attached hydrogen (secondary N) is 2. The van der Waals surface area contributed by atoms with Crippen molar-refractivity contribution >= 4 is 24.1 Å². The Labute approximate surface area is 172 Å². The van der Waals surface area contributed by atoms with Crippen molar-refractivity contribution in [1.82, 2.24) is 29.9 Å². The third-order valence-corrected chi connectivity index (χ3v) is 4.54. The molecule has 0 bridgehead atoms. The van der Waals surface area contributed by atoms with E-state index in [1.807, 2.05) is 23.6 Å². The molecule has 2 aromatic heterocycles. The van der Waals surface area contributed by atoms with Crippen molar-refractivity contribution in [2.24, 2.45) is 0 Å². The van der Waals surface area contributed by atoms with Gasteiger partial charge in [-0.2, -0.15) is 0 Å². The summed E-state index contributed by atoms with van der Waals surface area (Å²) in [4.78, 5) is 42.8. The first kappa shape index (κ1) is 20.8. The standard InChI is InChI=1S/C10H11N5O2.C10H11NO2/c1-7(13-10(17)12-6-16)8-5-15-4-2-3-11-9(15)14-8;1-11-6-7-3-4-8(13-2)5-9(7)10(11)12/h2-7H,1H3,(H2,12,13,16,17);3-5H,6H2,1-2H3. The van der Waals surface area contributed by atoms with Gasteiger partial charge in [0.2, 0.25) is 12.2 Å². The van der Waals surface area contributed by atoms with E-state index in [1.165, 1.54) is 0 Å². The third-order valence-electron chi connectivity index (χ3n) is 4.54. The summed E-state index contributed by atoms with van der Waals surface area (Å²) < 4.78 is 6.81. The Morgan fingerprint density at radius 2 is 2.17 bits per heavy atom. The Balaban J connectivity index is 0.000000177.